The molecule has 0 saturated heterocycles. The molecular formula is C16H26IN3S. The highest BCUT2D eigenvalue weighted by Gasteiger charge is 2.23. The molecule has 1 aliphatic carbocycles. The Morgan fingerprint density at radius 3 is 2.48 bits per heavy atom. The lowest BCUT2D eigenvalue weighted by molar-refractivity contribution is 0.560. The molecule has 1 aliphatic rings. The second kappa shape index (κ2) is 7.49. The molecule has 1 aromatic rings. The van der Waals surface area contributed by atoms with Crippen LogP contribution in [-0.2, 0) is 11.2 Å². The Hall–Kier alpha value is -0.0400. The van der Waals surface area contributed by atoms with Crippen LogP contribution < -0.4 is 5.32 Å². The molecule has 5 heteroatoms. The number of anilines is 1. The zero-order valence-electron chi connectivity index (χ0n) is 13.5. The van der Waals surface area contributed by atoms with Crippen LogP contribution in [0.2, 0.25) is 0 Å². The largest absolute Gasteiger partial charge is 0.369 e. The predicted octanol–water partition coefficient (Wildman–Crippen LogP) is 4.99. The van der Waals surface area contributed by atoms with E-state index in [1.54, 1.807) is 0 Å². The summed E-state index contributed by atoms with van der Waals surface area (Å²) in [7, 11) is 0. The van der Waals surface area contributed by atoms with Gasteiger partial charge in [0.15, 0.2) is 0 Å². The highest BCUT2D eigenvalue weighted by atomic mass is 127. The number of thioether (sulfide) groups is 1. The fourth-order valence-electron chi connectivity index (χ4n) is 2.59. The standard InChI is InChI=1S/C16H26IN3S/c1-5-18-15-13(17)14(16(2,3)4)19-12(20-15)10-21-11-8-6-7-9-11/h11H,5-10H2,1-4H3,(H,18,19,20). The molecule has 0 atom stereocenters. The first-order chi connectivity index (χ1) is 9.91. The van der Waals surface area contributed by atoms with Crippen LogP contribution in [0.15, 0.2) is 0 Å². The third-order valence-electron chi connectivity index (χ3n) is 3.70. The molecule has 0 amide bonds. The van der Waals surface area contributed by atoms with E-state index in [-0.39, 0.29) is 5.41 Å². The van der Waals surface area contributed by atoms with E-state index >= 15 is 0 Å². The van der Waals surface area contributed by atoms with E-state index in [4.69, 9.17) is 9.97 Å². The molecule has 2 rings (SSSR count). The number of halogens is 1. The van der Waals surface area contributed by atoms with Gasteiger partial charge in [-0.3, -0.25) is 0 Å². The Labute approximate surface area is 146 Å². The third-order valence-corrected chi connectivity index (χ3v) is 6.09. The summed E-state index contributed by atoms with van der Waals surface area (Å²) in [6.07, 6.45) is 5.50. The van der Waals surface area contributed by atoms with Crippen LogP contribution in [-0.4, -0.2) is 21.8 Å². The van der Waals surface area contributed by atoms with Crippen molar-refractivity contribution < 1.29 is 0 Å². The van der Waals surface area contributed by atoms with Crippen molar-refractivity contribution in [1.29, 1.82) is 0 Å². The van der Waals surface area contributed by atoms with Gasteiger partial charge in [0.1, 0.15) is 11.6 Å². The lowest BCUT2D eigenvalue weighted by Gasteiger charge is -2.22. The zero-order valence-corrected chi connectivity index (χ0v) is 16.5. The number of hydrogen-bond donors (Lipinski definition) is 1. The molecule has 0 radical (unpaired) electrons. The third kappa shape index (κ3) is 4.71. The fraction of sp³-hybridized carbons (Fsp3) is 0.750. The summed E-state index contributed by atoms with van der Waals surface area (Å²) in [4.78, 5) is 9.61. The molecule has 1 aromatic heterocycles. The Morgan fingerprint density at radius 1 is 1.24 bits per heavy atom. The van der Waals surface area contributed by atoms with E-state index < -0.39 is 0 Å². The van der Waals surface area contributed by atoms with Crippen molar-refractivity contribution >= 4 is 40.2 Å². The molecule has 1 N–H and O–H groups in total. The van der Waals surface area contributed by atoms with Gasteiger partial charge in [0.25, 0.3) is 0 Å². The van der Waals surface area contributed by atoms with Crippen molar-refractivity contribution in [2.75, 3.05) is 11.9 Å². The van der Waals surface area contributed by atoms with Crippen molar-refractivity contribution in [1.82, 2.24) is 9.97 Å². The first-order valence-electron chi connectivity index (χ1n) is 7.84. The molecule has 0 spiro atoms. The zero-order chi connectivity index (χ0) is 15.5. The van der Waals surface area contributed by atoms with Gasteiger partial charge in [-0.15, -0.1) is 0 Å². The van der Waals surface area contributed by atoms with Gasteiger partial charge in [0, 0.05) is 17.2 Å². The van der Waals surface area contributed by atoms with Crippen LogP contribution in [0.25, 0.3) is 0 Å². The minimum atomic E-state index is 0.0520. The lowest BCUT2D eigenvalue weighted by atomic mass is 9.92. The van der Waals surface area contributed by atoms with Gasteiger partial charge in [-0.25, -0.2) is 9.97 Å². The summed E-state index contributed by atoms with van der Waals surface area (Å²) in [6.45, 7) is 9.68. The molecule has 3 nitrogen and oxygen atoms in total. The Balaban J connectivity index is 2.21. The van der Waals surface area contributed by atoms with Gasteiger partial charge < -0.3 is 5.32 Å². The highest BCUT2D eigenvalue weighted by molar-refractivity contribution is 14.1. The molecule has 0 bridgehead atoms. The quantitative estimate of drug-likeness (QED) is 0.683. The van der Waals surface area contributed by atoms with Crippen LogP contribution in [0.1, 0.15) is 64.9 Å². The second-order valence-corrected chi connectivity index (χ2v) is 9.02. The number of nitrogens with zero attached hydrogens (tertiary/aromatic N) is 2. The number of hydrogen-bond acceptors (Lipinski definition) is 4. The molecule has 1 heterocycles. The van der Waals surface area contributed by atoms with Crippen molar-refractivity contribution in [2.45, 2.75) is 69.8 Å². The number of rotatable bonds is 5. The minimum absolute atomic E-state index is 0.0520. The smallest absolute Gasteiger partial charge is 0.143 e. The molecule has 21 heavy (non-hydrogen) atoms. The van der Waals surface area contributed by atoms with Gasteiger partial charge in [-0.1, -0.05) is 33.6 Å². The molecule has 0 unspecified atom stereocenters. The monoisotopic (exact) mass is 419 g/mol. The van der Waals surface area contributed by atoms with Gasteiger partial charge >= 0.3 is 0 Å². The van der Waals surface area contributed by atoms with Crippen molar-refractivity contribution in [2.24, 2.45) is 0 Å². The molecule has 1 saturated carbocycles. The SMILES string of the molecule is CCNc1nc(CSC2CCCC2)nc(C(C)(C)C)c1I. The van der Waals surface area contributed by atoms with E-state index in [0.717, 1.165) is 38.5 Å². The molecule has 0 aromatic carbocycles. The Kier molecular flexibility index (Phi) is 6.17. The van der Waals surface area contributed by atoms with Crippen LogP contribution in [0.3, 0.4) is 0 Å². The fourth-order valence-corrected chi connectivity index (χ4v) is 5.01. The maximum atomic E-state index is 4.87. The van der Waals surface area contributed by atoms with Crippen LogP contribution in [0.5, 0.6) is 0 Å². The lowest BCUT2D eigenvalue weighted by Crippen LogP contribution is -2.20. The summed E-state index contributed by atoms with van der Waals surface area (Å²) in [6, 6.07) is 0. The summed E-state index contributed by atoms with van der Waals surface area (Å²) in [5.74, 6) is 2.91. The minimum Gasteiger partial charge on any atom is -0.369 e. The summed E-state index contributed by atoms with van der Waals surface area (Å²) in [5, 5.41) is 4.20. The molecular weight excluding hydrogens is 393 g/mol. The second-order valence-electron chi connectivity index (χ2n) is 6.65. The summed E-state index contributed by atoms with van der Waals surface area (Å²) in [5.41, 5.74) is 1.22. The molecule has 0 aliphatic heterocycles. The van der Waals surface area contributed by atoms with Crippen LogP contribution >= 0.6 is 34.4 Å². The summed E-state index contributed by atoms with van der Waals surface area (Å²) < 4.78 is 1.16. The average molecular weight is 419 g/mol. The van der Waals surface area contributed by atoms with E-state index in [1.807, 2.05) is 11.8 Å². The van der Waals surface area contributed by atoms with E-state index in [2.05, 4.69) is 55.6 Å². The van der Waals surface area contributed by atoms with E-state index in [9.17, 15) is 0 Å². The first-order valence-corrected chi connectivity index (χ1v) is 9.97. The Morgan fingerprint density at radius 2 is 1.90 bits per heavy atom. The average Bonchev–Trinajstić information content (AvgIpc) is 2.91. The predicted molar refractivity (Wildman–Crippen MR) is 101 cm³/mol. The maximum Gasteiger partial charge on any atom is 0.143 e. The van der Waals surface area contributed by atoms with Crippen molar-refractivity contribution in [3.8, 4) is 0 Å². The van der Waals surface area contributed by atoms with Gasteiger partial charge in [-0.05, 0) is 42.4 Å². The van der Waals surface area contributed by atoms with Gasteiger partial charge in [0.2, 0.25) is 0 Å². The topological polar surface area (TPSA) is 37.8 Å². The van der Waals surface area contributed by atoms with Gasteiger partial charge in [0.05, 0.1) is 15.0 Å². The van der Waals surface area contributed by atoms with E-state index in [1.165, 1.54) is 25.7 Å². The highest BCUT2D eigenvalue weighted by Crippen LogP contribution is 2.33. The first kappa shape index (κ1) is 17.3. The van der Waals surface area contributed by atoms with Crippen molar-refractivity contribution in [3.05, 3.63) is 15.1 Å². The van der Waals surface area contributed by atoms with Crippen LogP contribution in [0, 0.1) is 3.57 Å². The Bertz CT molecular complexity index is 479. The normalized spacial score (nSPS) is 16.4. The molecule has 1 fully saturated rings. The maximum absolute atomic E-state index is 4.87. The van der Waals surface area contributed by atoms with Crippen molar-refractivity contribution in [3.63, 3.8) is 0 Å². The van der Waals surface area contributed by atoms with Gasteiger partial charge in [-0.2, -0.15) is 11.8 Å². The molecule has 118 valence electrons. The number of aromatic nitrogens is 2. The number of nitrogens with one attached hydrogen (secondary N) is 1. The van der Waals surface area contributed by atoms with Crippen LogP contribution in [0.4, 0.5) is 5.82 Å². The van der Waals surface area contributed by atoms with E-state index in [0.29, 0.717) is 0 Å². The summed E-state index contributed by atoms with van der Waals surface area (Å²) >= 11 is 4.41.